The van der Waals surface area contributed by atoms with Gasteiger partial charge in [-0.2, -0.15) is 11.3 Å². The highest BCUT2D eigenvalue weighted by Gasteiger charge is 2.36. The van der Waals surface area contributed by atoms with Crippen molar-refractivity contribution in [3.8, 4) is 0 Å². The fourth-order valence-electron chi connectivity index (χ4n) is 2.72. The molecule has 2 amide bonds. The Morgan fingerprint density at radius 2 is 1.93 bits per heavy atom. The summed E-state index contributed by atoms with van der Waals surface area (Å²) in [6.07, 6.45) is 1.45. The van der Waals surface area contributed by atoms with Crippen LogP contribution in [0, 0.1) is 0 Å². The Balaban J connectivity index is 1.65. The van der Waals surface area contributed by atoms with E-state index < -0.39 is 17.4 Å². The van der Waals surface area contributed by atoms with Crippen LogP contribution in [-0.2, 0) is 15.2 Å². The zero-order valence-corrected chi connectivity index (χ0v) is 15.5. The number of rotatable bonds is 6. The van der Waals surface area contributed by atoms with Gasteiger partial charge in [-0.25, -0.2) is 0 Å². The van der Waals surface area contributed by atoms with E-state index in [9.17, 15) is 14.7 Å². The van der Waals surface area contributed by atoms with Crippen LogP contribution in [0.15, 0.2) is 70.0 Å². The molecule has 0 aliphatic heterocycles. The summed E-state index contributed by atoms with van der Waals surface area (Å²) in [5, 5.41) is 19.8. The number of hydrogen-bond donors (Lipinski definition) is 3. The van der Waals surface area contributed by atoms with E-state index in [1.54, 1.807) is 30.5 Å². The quantitative estimate of drug-likeness (QED) is 0.570. The minimum atomic E-state index is -1.55. The van der Waals surface area contributed by atoms with E-state index in [1.165, 1.54) is 17.6 Å². The van der Waals surface area contributed by atoms with Gasteiger partial charge in [0.2, 0.25) is 0 Å². The van der Waals surface area contributed by atoms with Crippen molar-refractivity contribution in [3.63, 3.8) is 0 Å². The molecule has 0 spiro atoms. The molecule has 2 unspecified atom stereocenters. The van der Waals surface area contributed by atoms with Crippen LogP contribution in [0.1, 0.15) is 29.9 Å². The number of amides is 2. The molecule has 140 valence electrons. The minimum absolute atomic E-state index is 0.191. The molecule has 3 N–H and O–H groups in total. The molecule has 0 saturated heterocycles. The summed E-state index contributed by atoms with van der Waals surface area (Å²) in [7, 11) is 0. The number of hydrogen-bond acceptors (Lipinski definition) is 5. The Labute approximate surface area is 160 Å². The molecule has 2 heterocycles. The molecule has 0 aliphatic rings. The molecule has 0 fully saturated rings. The number of furan rings is 1. The normalized spacial score (nSPS) is 14.1. The highest BCUT2D eigenvalue weighted by atomic mass is 32.1. The molecule has 0 aliphatic carbocycles. The summed E-state index contributed by atoms with van der Waals surface area (Å²) >= 11 is 1.42. The molecule has 0 radical (unpaired) electrons. The van der Waals surface area contributed by atoms with E-state index in [-0.39, 0.29) is 12.6 Å². The van der Waals surface area contributed by atoms with Crippen molar-refractivity contribution in [2.45, 2.75) is 18.6 Å². The predicted octanol–water partition coefficient (Wildman–Crippen LogP) is 2.57. The van der Waals surface area contributed by atoms with Crippen molar-refractivity contribution in [2.24, 2.45) is 0 Å². The van der Waals surface area contributed by atoms with Crippen LogP contribution >= 0.6 is 11.3 Å². The lowest BCUT2D eigenvalue weighted by Crippen LogP contribution is -2.47. The Morgan fingerprint density at radius 1 is 1.15 bits per heavy atom. The number of benzene rings is 1. The van der Waals surface area contributed by atoms with Gasteiger partial charge in [0.15, 0.2) is 5.60 Å². The lowest BCUT2D eigenvalue weighted by molar-refractivity contribution is -0.140. The predicted molar refractivity (Wildman–Crippen MR) is 102 cm³/mol. The van der Waals surface area contributed by atoms with Crippen molar-refractivity contribution in [1.29, 1.82) is 0 Å². The summed E-state index contributed by atoms with van der Waals surface area (Å²) in [5.41, 5.74) is -0.0744. The first-order chi connectivity index (χ1) is 13.0. The maximum Gasteiger partial charge on any atom is 0.309 e. The number of carbonyl (C=O) groups excluding carboxylic acids is 2. The van der Waals surface area contributed by atoms with Crippen molar-refractivity contribution >= 4 is 23.2 Å². The maximum absolute atomic E-state index is 12.2. The second kappa shape index (κ2) is 8.20. The van der Waals surface area contributed by atoms with Gasteiger partial charge in [0.25, 0.3) is 0 Å². The zero-order chi connectivity index (χ0) is 19.3. The van der Waals surface area contributed by atoms with Crippen LogP contribution in [0.5, 0.6) is 0 Å². The highest BCUT2D eigenvalue weighted by Crippen LogP contribution is 2.30. The van der Waals surface area contributed by atoms with E-state index in [1.807, 2.05) is 35.7 Å². The molecular formula is C20H20N2O4S. The van der Waals surface area contributed by atoms with Crippen LogP contribution in [0.3, 0.4) is 0 Å². The third-order valence-corrected chi connectivity index (χ3v) is 4.97. The average molecular weight is 384 g/mol. The summed E-state index contributed by atoms with van der Waals surface area (Å²) in [6, 6.07) is 14.1. The van der Waals surface area contributed by atoms with Crippen molar-refractivity contribution < 1.29 is 19.1 Å². The summed E-state index contributed by atoms with van der Waals surface area (Å²) < 4.78 is 5.34. The van der Waals surface area contributed by atoms with Gasteiger partial charge >= 0.3 is 11.8 Å². The third kappa shape index (κ3) is 4.27. The van der Waals surface area contributed by atoms with E-state index in [0.29, 0.717) is 11.3 Å². The smallest absolute Gasteiger partial charge is 0.309 e. The van der Waals surface area contributed by atoms with E-state index in [2.05, 4.69) is 10.6 Å². The Morgan fingerprint density at radius 3 is 2.56 bits per heavy atom. The van der Waals surface area contributed by atoms with Crippen LogP contribution in [0.2, 0.25) is 0 Å². The largest absolute Gasteiger partial charge is 0.466 e. The van der Waals surface area contributed by atoms with Gasteiger partial charge in [-0.1, -0.05) is 30.3 Å². The van der Waals surface area contributed by atoms with Gasteiger partial charge in [-0.3, -0.25) is 9.59 Å². The van der Waals surface area contributed by atoms with E-state index in [0.717, 1.165) is 5.56 Å². The van der Waals surface area contributed by atoms with Crippen molar-refractivity contribution in [3.05, 3.63) is 82.4 Å². The third-order valence-electron chi connectivity index (χ3n) is 4.29. The molecule has 3 rings (SSSR count). The van der Waals surface area contributed by atoms with Crippen LogP contribution in [0.4, 0.5) is 0 Å². The molecular weight excluding hydrogens is 364 g/mol. The summed E-state index contributed by atoms with van der Waals surface area (Å²) in [4.78, 5) is 24.4. The minimum Gasteiger partial charge on any atom is -0.466 e. The average Bonchev–Trinajstić information content (AvgIpc) is 3.40. The van der Waals surface area contributed by atoms with Crippen molar-refractivity contribution in [1.82, 2.24) is 10.6 Å². The molecule has 2 atom stereocenters. The van der Waals surface area contributed by atoms with Crippen LogP contribution in [-0.4, -0.2) is 23.5 Å². The number of carbonyl (C=O) groups is 2. The van der Waals surface area contributed by atoms with Gasteiger partial charge in [0, 0.05) is 5.56 Å². The first-order valence-corrected chi connectivity index (χ1v) is 9.37. The van der Waals surface area contributed by atoms with Gasteiger partial charge in [0.1, 0.15) is 5.76 Å². The van der Waals surface area contributed by atoms with Gasteiger partial charge in [-0.05, 0) is 41.4 Å². The first-order valence-electron chi connectivity index (χ1n) is 8.43. The molecule has 7 heteroatoms. The first kappa shape index (κ1) is 18.9. The fourth-order valence-corrected chi connectivity index (χ4v) is 3.44. The van der Waals surface area contributed by atoms with Crippen molar-refractivity contribution in [2.75, 3.05) is 6.54 Å². The van der Waals surface area contributed by atoms with Crippen LogP contribution < -0.4 is 10.6 Å². The Kier molecular flexibility index (Phi) is 5.73. The lowest BCUT2D eigenvalue weighted by Gasteiger charge is -2.25. The lowest BCUT2D eigenvalue weighted by atomic mass is 9.93. The van der Waals surface area contributed by atoms with Gasteiger partial charge < -0.3 is 20.2 Å². The van der Waals surface area contributed by atoms with E-state index >= 15 is 0 Å². The molecule has 27 heavy (non-hydrogen) atoms. The molecule has 0 bridgehead atoms. The molecule has 2 aromatic heterocycles. The Bertz CT molecular complexity index is 842. The Hall–Kier alpha value is -2.90. The van der Waals surface area contributed by atoms with Gasteiger partial charge in [-0.15, -0.1) is 0 Å². The number of aliphatic hydroxyl groups is 1. The topological polar surface area (TPSA) is 91.6 Å². The number of thiophene rings is 1. The summed E-state index contributed by atoms with van der Waals surface area (Å²) in [6.45, 7) is 1.61. The molecule has 3 aromatic rings. The second-order valence-electron chi connectivity index (χ2n) is 6.14. The standard InChI is InChI=1S/C20H20N2O4S/c1-14(15-6-3-2-4-7-15)22-19(24)18(23)21-13-20(25,16-9-11-27-12-16)17-8-5-10-26-17/h2-12,14,25H,13H2,1H3,(H,21,23)(H,22,24). The molecule has 1 aromatic carbocycles. The maximum atomic E-state index is 12.2. The van der Waals surface area contributed by atoms with E-state index in [4.69, 9.17) is 4.42 Å². The second-order valence-corrected chi connectivity index (χ2v) is 6.92. The molecule has 6 nitrogen and oxygen atoms in total. The summed E-state index contributed by atoms with van der Waals surface area (Å²) in [5.74, 6) is -1.30. The monoisotopic (exact) mass is 384 g/mol. The highest BCUT2D eigenvalue weighted by molar-refractivity contribution is 7.08. The van der Waals surface area contributed by atoms with Crippen LogP contribution in [0.25, 0.3) is 0 Å². The fraction of sp³-hybridized carbons (Fsp3) is 0.200. The molecule has 0 saturated carbocycles. The van der Waals surface area contributed by atoms with Gasteiger partial charge in [0.05, 0.1) is 18.8 Å². The number of nitrogens with one attached hydrogen (secondary N) is 2. The SMILES string of the molecule is CC(NC(=O)C(=O)NCC(O)(c1ccsc1)c1ccco1)c1ccccc1. The zero-order valence-electron chi connectivity index (χ0n) is 14.7.